The van der Waals surface area contributed by atoms with Crippen LogP contribution in [-0.4, -0.2) is 19.1 Å². The van der Waals surface area contributed by atoms with Crippen molar-refractivity contribution in [1.29, 1.82) is 0 Å². The van der Waals surface area contributed by atoms with Gasteiger partial charge in [0, 0.05) is 0 Å². The van der Waals surface area contributed by atoms with E-state index in [9.17, 15) is 18.0 Å². The Morgan fingerprint density at radius 3 is 2.44 bits per heavy atom. The highest BCUT2D eigenvalue weighted by molar-refractivity contribution is 5.85. The lowest BCUT2D eigenvalue weighted by Gasteiger charge is -2.15. The van der Waals surface area contributed by atoms with Gasteiger partial charge in [-0.3, -0.25) is 4.79 Å². The first-order valence-corrected chi connectivity index (χ1v) is 4.84. The molecule has 0 heterocycles. The number of methoxy groups -OCH3 is 1. The first kappa shape index (κ1) is 16.7. The summed E-state index contributed by atoms with van der Waals surface area (Å²) in [7, 11) is 1.14. The smallest absolute Gasteiger partial charge is 0.416 e. The van der Waals surface area contributed by atoms with Crippen molar-refractivity contribution < 1.29 is 22.7 Å². The van der Waals surface area contributed by atoms with Gasteiger partial charge in [-0.1, -0.05) is 18.2 Å². The third-order valence-electron chi connectivity index (χ3n) is 2.27. The number of carbonyl (C=O) groups is 1. The van der Waals surface area contributed by atoms with Crippen molar-refractivity contribution in [2.24, 2.45) is 5.73 Å². The molecule has 3 nitrogen and oxygen atoms in total. The monoisotopic (exact) mass is 283 g/mol. The molecule has 0 aliphatic carbocycles. The van der Waals surface area contributed by atoms with Crippen molar-refractivity contribution in [3.05, 3.63) is 35.4 Å². The Bertz CT molecular complexity index is 410. The fraction of sp³-hybridized carbons (Fsp3) is 0.364. The molecule has 2 N–H and O–H groups in total. The van der Waals surface area contributed by atoms with Gasteiger partial charge in [0.05, 0.1) is 12.7 Å². The van der Waals surface area contributed by atoms with Crippen molar-refractivity contribution in [3.8, 4) is 0 Å². The SMILES string of the molecule is COC(=O)[C@@H](N)Cc1ccccc1C(F)(F)F.Cl. The van der Waals surface area contributed by atoms with Gasteiger partial charge in [-0.15, -0.1) is 12.4 Å². The third-order valence-corrected chi connectivity index (χ3v) is 2.27. The lowest BCUT2D eigenvalue weighted by molar-refractivity contribution is -0.143. The molecule has 0 saturated carbocycles. The average molecular weight is 284 g/mol. The highest BCUT2D eigenvalue weighted by Gasteiger charge is 2.33. The Morgan fingerprint density at radius 2 is 1.94 bits per heavy atom. The van der Waals surface area contributed by atoms with Crippen LogP contribution in [0, 0.1) is 0 Å². The molecular weight excluding hydrogens is 271 g/mol. The van der Waals surface area contributed by atoms with E-state index in [0.29, 0.717) is 0 Å². The van der Waals surface area contributed by atoms with Gasteiger partial charge in [-0.2, -0.15) is 13.2 Å². The molecule has 0 saturated heterocycles. The fourth-order valence-electron chi connectivity index (χ4n) is 1.45. The van der Waals surface area contributed by atoms with Crippen LogP contribution in [0.3, 0.4) is 0 Å². The second-order valence-corrected chi connectivity index (χ2v) is 3.49. The topological polar surface area (TPSA) is 52.3 Å². The van der Waals surface area contributed by atoms with Gasteiger partial charge < -0.3 is 10.5 Å². The maximum Gasteiger partial charge on any atom is 0.416 e. The number of rotatable bonds is 3. The molecule has 1 aromatic carbocycles. The van der Waals surface area contributed by atoms with E-state index in [1.807, 2.05) is 0 Å². The molecule has 1 aromatic rings. The van der Waals surface area contributed by atoms with E-state index in [2.05, 4.69) is 4.74 Å². The minimum absolute atomic E-state index is 0. The van der Waals surface area contributed by atoms with Crippen LogP contribution in [-0.2, 0) is 22.1 Å². The lowest BCUT2D eigenvalue weighted by Crippen LogP contribution is -2.34. The normalized spacial score (nSPS) is 12.5. The second kappa shape index (κ2) is 6.61. The highest BCUT2D eigenvalue weighted by atomic mass is 35.5. The van der Waals surface area contributed by atoms with Crippen molar-refractivity contribution in [2.45, 2.75) is 18.6 Å². The molecule has 0 aliphatic rings. The molecule has 102 valence electrons. The minimum atomic E-state index is -4.45. The number of esters is 1. The molecule has 7 heteroatoms. The summed E-state index contributed by atoms with van der Waals surface area (Å²) in [5, 5.41) is 0. The lowest BCUT2D eigenvalue weighted by atomic mass is 10.0. The Hall–Kier alpha value is -1.27. The van der Waals surface area contributed by atoms with Gasteiger partial charge in [0.1, 0.15) is 6.04 Å². The average Bonchev–Trinajstić information content (AvgIpc) is 2.27. The summed E-state index contributed by atoms with van der Waals surface area (Å²) in [4.78, 5) is 11.0. The molecule has 0 amide bonds. The van der Waals surface area contributed by atoms with Crippen molar-refractivity contribution in [1.82, 2.24) is 0 Å². The van der Waals surface area contributed by atoms with Gasteiger partial charge in [0.25, 0.3) is 0 Å². The van der Waals surface area contributed by atoms with Crippen molar-refractivity contribution in [3.63, 3.8) is 0 Å². The van der Waals surface area contributed by atoms with Crippen LogP contribution in [0.25, 0.3) is 0 Å². The third kappa shape index (κ3) is 4.19. The van der Waals surface area contributed by atoms with Gasteiger partial charge in [0.15, 0.2) is 0 Å². The molecule has 0 aromatic heterocycles. The van der Waals surface area contributed by atoms with Gasteiger partial charge >= 0.3 is 12.1 Å². The maximum atomic E-state index is 12.6. The van der Waals surface area contributed by atoms with Crippen LogP contribution in [0.4, 0.5) is 13.2 Å². The van der Waals surface area contributed by atoms with E-state index in [0.717, 1.165) is 13.2 Å². The van der Waals surface area contributed by atoms with Gasteiger partial charge in [-0.25, -0.2) is 0 Å². The maximum absolute atomic E-state index is 12.6. The summed E-state index contributed by atoms with van der Waals surface area (Å²) in [6.45, 7) is 0. The summed E-state index contributed by atoms with van der Waals surface area (Å²) in [6, 6.07) is 3.92. The Balaban J connectivity index is 0.00000289. The number of carbonyl (C=O) groups excluding carboxylic acids is 1. The molecular formula is C11H13ClF3NO2. The molecule has 0 bridgehead atoms. The molecule has 1 rings (SSSR count). The number of alkyl halides is 3. The largest absolute Gasteiger partial charge is 0.468 e. The molecule has 0 radical (unpaired) electrons. The van der Waals surface area contributed by atoms with Gasteiger partial charge in [-0.05, 0) is 18.1 Å². The zero-order chi connectivity index (χ0) is 13.1. The van der Waals surface area contributed by atoms with Gasteiger partial charge in [0.2, 0.25) is 0 Å². The van der Waals surface area contributed by atoms with Crippen LogP contribution in [0.15, 0.2) is 24.3 Å². The molecule has 18 heavy (non-hydrogen) atoms. The first-order chi connectivity index (χ1) is 7.86. The van der Waals surface area contributed by atoms with Crippen LogP contribution in [0.5, 0.6) is 0 Å². The van der Waals surface area contributed by atoms with E-state index in [1.54, 1.807) is 0 Å². The van der Waals surface area contributed by atoms with Crippen molar-refractivity contribution in [2.75, 3.05) is 7.11 Å². The van der Waals surface area contributed by atoms with E-state index >= 15 is 0 Å². The van der Waals surface area contributed by atoms with Crippen LogP contribution >= 0.6 is 12.4 Å². The predicted molar refractivity (Wildman–Crippen MR) is 62.4 cm³/mol. The zero-order valence-electron chi connectivity index (χ0n) is 9.53. The van der Waals surface area contributed by atoms with E-state index < -0.39 is 23.8 Å². The van der Waals surface area contributed by atoms with E-state index in [-0.39, 0.29) is 24.4 Å². The second-order valence-electron chi connectivity index (χ2n) is 3.49. The van der Waals surface area contributed by atoms with Crippen LogP contribution in [0.2, 0.25) is 0 Å². The number of halogens is 4. The zero-order valence-corrected chi connectivity index (χ0v) is 10.3. The standard InChI is InChI=1S/C11H12F3NO2.ClH/c1-17-10(16)9(15)6-7-4-2-3-5-8(7)11(12,13)14;/h2-5,9H,6,15H2,1H3;1H/t9-;/m0./s1. The summed E-state index contributed by atoms with van der Waals surface area (Å²) in [5.41, 5.74) is 4.64. The highest BCUT2D eigenvalue weighted by Crippen LogP contribution is 2.32. The molecule has 0 unspecified atom stereocenters. The molecule has 0 spiro atoms. The summed E-state index contributed by atoms with van der Waals surface area (Å²) in [6.07, 6.45) is -4.66. The first-order valence-electron chi connectivity index (χ1n) is 4.84. The number of hydrogen-bond donors (Lipinski definition) is 1. The number of ether oxygens (including phenoxy) is 1. The predicted octanol–water partition coefficient (Wildman–Crippen LogP) is 2.17. The van der Waals surface area contributed by atoms with Crippen LogP contribution < -0.4 is 5.73 Å². The number of nitrogens with two attached hydrogens (primary N) is 1. The minimum Gasteiger partial charge on any atom is -0.468 e. The number of benzene rings is 1. The Kier molecular flexibility index (Phi) is 6.14. The van der Waals surface area contributed by atoms with Crippen molar-refractivity contribution >= 4 is 18.4 Å². The Morgan fingerprint density at radius 1 is 1.39 bits per heavy atom. The molecule has 1 atom stereocenters. The fourth-order valence-corrected chi connectivity index (χ4v) is 1.45. The number of hydrogen-bond acceptors (Lipinski definition) is 3. The Labute approximate surface area is 109 Å². The van der Waals surface area contributed by atoms with E-state index in [1.165, 1.54) is 18.2 Å². The quantitative estimate of drug-likeness (QED) is 0.865. The molecule has 0 aliphatic heterocycles. The summed E-state index contributed by atoms with van der Waals surface area (Å²) in [5.74, 6) is -0.734. The van der Waals surface area contributed by atoms with Crippen LogP contribution in [0.1, 0.15) is 11.1 Å². The van der Waals surface area contributed by atoms with E-state index in [4.69, 9.17) is 5.73 Å². The summed E-state index contributed by atoms with van der Waals surface area (Å²) >= 11 is 0. The summed E-state index contributed by atoms with van der Waals surface area (Å²) < 4.78 is 42.2. The molecule has 0 fully saturated rings.